The zero-order valence-corrected chi connectivity index (χ0v) is 7.85. The first kappa shape index (κ1) is 7.39. The van der Waals surface area contributed by atoms with E-state index in [2.05, 4.69) is 32.9 Å². The van der Waals surface area contributed by atoms with Gasteiger partial charge in [-0.05, 0) is 36.0 Å². The standard InChI is InChI=1S/C11H18/c1-4-11-7-5-6-9(8-11)10(11,2)3/h5,7,9H,4,6,8H2,1-3H3. The van der Waals surface area contributed by atoms with Crippen LogP contribution in [0.3, 0.4) is 0 Å². The van der Waals surface area contributed by atoms with E-state index in [4.69, 9.17) is 0 Å². The predicted molar refractivity (Wildman–Crippen MR) is 48.4 cm³/mol. The minimum Gasteiger partial charge on any atom is -0.0877 e. The Morgan fingerprint density at radius 1 is 1.45 bits per heavy atom. The maximum Gasteiger partial charge on any atom is -0.00640 e. The highest BCUT2D eigenvalue weighted by Gasteiger charge is 2.57. The van der Waals surface area contributed by atoms with Gasteiger partial charge in [0.2, 0.25) is 0 Å². The third-order valence-electron chi connectivity index (χ3n) is 4.40. The Kier molecular flexibility index (Phi) is 1.28. The second-order valence-corrected chi connectivity index (χ2v) is 4.77. The molecule has 1 fully saturated rings. The van der Waals surface area contributed by atoms with Crippen LogP contribution in [-0.4, -0.2) is 0 Å². The molecule has 0 spiro atoms. The SMILES string of the molecule is CCC12C=CCC(C1)C2(C)C. The third-order valence-corrected chi connectivity index (χ3v) is 4.40. The van der Waals surface area contributed by atoms with Gasteiger partial charge >= 0.3 is 0 Å². The van der Waals surface area contributed by atoms with Gasteiger partial charge in [0, 0.05) is 0 Å². The zero-order valence-electron chi connectivity index (χ0n) is 7.85. The van der Waals surface area contributed by atoms with E-state index in [-0.39, 0.29) is 0 Å². The Morgan fingerprint density at radius 2 is 2.18 bits per heavy atom. The van der Waals surface area contributed by atoms with E-state index in [1.54, 1.807) is 0 Å². The molecule has 0 aromatic carbocycles. The summed E-state index contributed by atoms with van der Waals surface area (Å²) < 4.78 is 0. The van der Waals surface area contributed by atoms with Gasteiger partial charge in [0.15, 0.2) is 0 Å². The lowest BCUT2D eigenvalue weighted by atomic mass is 9.41. The van der Waals surface area contributed by atoms with Crippen molar-refractivity contribution in [2.45, 2.75) is 40.0 Å². The molecule has 2 atom stereocenters. The van der Waals surface area contributed by atoms with E-state index in [0.717, 1.165) is 5.92 Å². The van der Waals surface area contributed by atoms with Crippen LogP contribution >= 0.6 is 0 Å². The average molecular weight is 150 g/mol. The van der Waals surface area contributed by atoms with Crippen LogP contribution in [0.25, 0.3) is 0 Å². The molecule has 0 aromatic rings. The van der Waals surface area contributed by atoms with Crippen LogP contribution in [0.1, 0.15) is 40.0 Å². The van der Waals surface area contributed by atoms with Gasteiger partial charge < -0.3 is 0 Å². The second kappa shape index (κ2) is 1.91. The molecule has 62 valence electrons. The van der Waals surface area contributed by atoms with Crippen LogP contribution in [0.15, 0.2) is 12.2 Å². The van der Waals surface area contributed by atoms with Gasteiger partial charge in [0.25, 0.3) is 0 Å². The zero-order chi connectivity index (χ0) is 8.11. The fraction of sp³-hybridized carbons (Fsp3) is 0.818. The lowest BCUT2D eigenvalue weighted by molar-refractivity contribution is -0.0947. The molecule has 2 unspecified atom stereocenters. The van der Waals surface area contributed by atoms with Crippen molar-refractivity contribution in [3.8, 4) is 0 Å². The summed E-state index contributed by atoms with van der Waals surface area (Å²) in [5.41, 5.74) is 1.17. The van der Waals surface area contributed by atoms with Gasteiger partial charge in [-0.25, -0.2) is 0 Å². The Labute approximate surface area is 69.7 Å². The quantitative estimate of drug-likeness (QED) is 0.503. The van der Waals surface area contributed by atoms with E-state index in [1.807, 2.05) is 0 Å². The maximum atomic E-state index is 2.48. The van der Waals surface area contributed by atoms with Crippen molar-refractivity contribution >= 4 is 0 Å². The molecular formula is C11H18. The molecule has 11 heavy (non-hydrogen) atoms. The highest BCUT2D eigenvalue weighted by atomic mass is 14.6. The summed E-state index contributed by atoms with van der Waals surface area (Å²) >= 11 is 0. The van der Waals surface area contributed by atoms with E-state index in [1.165, 1.54) is 19.3 Å². The lowest BCUT2D eigenvalue weighted by Crippen LogP contribution is -2.55. The molecule has 0 amide bonds. The Balaban J connectivity index is 2.34. The monoisotopic (exact) mass is 150 g/mol. The number of allylic oxidation sites excluding steroid dienone is 2. The molecule has 0 aromatic heterocycles. The summed E-state index contributed by atoms with van der Waals surface area (Å²) in [7, 11) is 0. The highest BCUT2D eigenvalue weighted by molar-refractivity contribution is 5.21. The first-order valence-electron chi connectivity index (χ1n) is 4.80. The van der Waals surface area contributed by atoms with Gasteiger partial charge in [0.05, 0.1) is 0 Å². The molecule has 0 heterocycles. The van der Waals surface area contributed by atoms with E-state index in [0.29, 0.717) is 10.8 Å². The molecule has 0 aliphatic heterocycles. The van der Waals surface area contributed by atoms with Gasteiger partial charge in [-0.2, -0.15) is 0 Å². The van der Waals surface area contributed by atoms with Gasteiger partial charge in [-0.15, -0.1) is 0 Å². The summed E-state index contributed by atoms with van der Waals surface area (Å²) in [6, 6.07) is 0. The first-order chi connectivity index (χ1) is 5.12. The molecule has 0 radical (unpaired) electrons. The maximum absolute atomic E-state index is 2.48. The Bertz CT molecular complexity index is 200. The Hall–Kier alpha value is -0.260. The molecular weight excluding hydrogens is 132 g/mol. The van der Waals surface area contributed by atoms with Crippen molar-refractivity contribution in [1.29, 1.82) is 0 Å². The van der Waals surface area contributed by atoms with E-state index < -0.39 is 0 Å². The van der Waals surface area contributed by atoms with Crippen molar-refractivity contribution in [3.05, 3.63) is 12.2 Å². The molecule has 3 rings (SSSR count). The van der Waals surface area contributed by atoms with Crippen molar-refractivity contribution in [3.63, 3.8) is 0 Å². The molecule has 0 saturated heterocycles. The van der Waals surface area contributed by atoms with Gasteiger partial charge in [-0.1, -0.05) is 32.9 Å². The molecule has 3 aliphatic rings. The van der Waals surface area contributed by atoms with Crippen LogP contribution < -0.4 is 0 Å². The molecule has 2 bridgehead atoms. The smallest absolute Gasteiger partial charge is 0.00640 e. The summed E-state index contributed by atoms with van der Waals surface area (Å²) in [4.78, 5) is 0. The second-order valence-electron chi connectivity index (χ2n) is 4.77. The van der Waals surface area contributed by atoms with Gasteiger partial charge in [0.1, 0.15) is 0 Å². The topological polar surface area (TPSA) is 0 Å². The van der Waals surface area contributed by atoms with Crippen LogP contribution in [-0.2, 0) is 0 Å². The molecule has 0 N–H and O–H groups in total. The lowest BCUT2D eigenvalue weighted by Gasteiger charge is -2.63. The summed E-state index contributed by atoms with van der Waals surface area (Å²) in [5, 5.41) is 0. The van der Waals surface area contributed by atoms with Crippen LogP contribution in [0, 0.1) is 16.7 Å². The fourth-order valence-corrected chi connectivity index (χ4v) is 3.07. The minimum atomic E-state index is 0.579. The van der Waals surface area contributed by atoms with Gasteiger partial charge in [-0.3, -0.25) is 0 Å². The van der Waals surface area contributed by atoms with Crippen molar-refractivity contribution < 1.29 is 0 Å². The summed E-state index contributed by atoms with van der Waals surface area (Å²) in [5.74, 6) is 0.979. The number of fused-ring (bicyclic) bond motifs is 1. The van der Waals surface area contributed by atoms with Crippen molar-refractivity contribution in [2.75, 3.05) is 0 Å². The Morgan fingerprint density at radius 3 is 2.55 bits per heavy atom. The average Bonchev–Trinajstić information content (AvgIpc) is 2.04. The molecule has 0 nitrogen and oxygen atoms in total. The molecule has 0 heteroatoms. The van der Waals surface area contributed by atoms with E-state index in [9.17, 15) is 0 Å². The molecule has 3 aliphatic carbocycles. The number of hydrogen-bond acceptors (Lipinski definition) is 0. The third kappa shape index (κ3) is 0.660. The van der Waals surface area contributed by atoms with E-state index >= 15 is 0 Å². The van der Waals surface area contributed by atoms with Crippen LogP contribution in [0.2, 0.25) is 0 Å². The summed E-state index contributed by atoms with van der Waals surface area (Å²) in [6.45, 7) is 7.20. The van der Waals surface area contributed by atoms with Crippen molar-refractivity contribution in [1.82, 2.24) is 0 Å². The van der Waals surface area contributed by atoms with Crippen LogP contribution in [0.4, 0.5) is 0 Å². The van der Waals surface area contributed by atoms with Crippen molar-refractivity contribution in [2.24, 2.45) is 16.7 Å². The number of hydrogen-bond donors (Lipinski definition) is 0. The normalized spacial score (nSPS) is 45.2. The minimum absolute atomic E-state index is 0.579. The number of rotatable bonds is 1. The largest absolute Gasteiger partial charge is 0.0877 e. The predicted octanol–water partition coefficient (Wildman–Crippen LogP) is 3.39. The van der Waals surface area contributed by atoms with Crippen LogP contribution in [0.5, 0.6) is 0 Å². The first-order valence-corrected chi connectivity index (χ1v) is 4.80. The molecule has 1 saturated carbocycles. The summed E-state index contributed by atoms with van der Waals surface area (Å²) in [6.07, 6.45) is 8.98. The highest BCUT2D eigenvalue weighted by Crippen LogP contribution is 2.66. The fourth-order valence-electron chi connectivity index (χ4n) is 3.07.